The standard InChI is InChI=1S/C17H11F4NO5/c18-16(19)26-12-5-6-13(15(9-12)27-17(20)21)14(23)7-4-10-2-1-3-11(8-10)22(24)25/h1-9,16-17H/b7-4+. The number of benzene rings is 2. The van der Waals surface area contributed by atoms with Gasteiger partial charge in [0.25, 0.3) is 5.69 Å². The molecule has 0 bridgehead atoms. The number of ether oxygens (including phenoxy) is 2. The predicted octanol–water partition coefficient (Wildman–Crippen LogP) is 4.69. The molecule has 142 valence electrons. The number of nitro benzene ring substituents is 1. The first-order chi connectivity index (χ1) is 12.8. The fraction of sp³-hybridized carbons (Fsp3) is 0.118. The van der Waals surface area contributed by atoms with Crippen molar-refractivity contribution in [3.05, 3.63) is 69.8 Å². The highest BCUT2D eigenvalue weighted by Gasteiger charge is 2.17. The number of carbonyl (C=O) groups is 1. The zero-order valence-electron chi connectivity index (χ0n) is 13.4. The SMILES string of the molecule is O=C(/C=C/c1cccc([N+](=O)[O-])c1)c1ccc(OC(F)F)cc1OC(F)F. The first kappa shape index (κ1) is 19.9. The highest BCUT2D eigenvalue weighted by atomic mass is 19.3. The molecule has 2 aromatic rings. The maximum atomic E-state index is 12.5. The van der Waals surface area contributed by atoms with Gasteiger partial charge in [0.15, 0.2) is 5.78 Å². The molecule has 0 aromatic heterocycles. The van der Waals surface area contributed by atoms with Crippen LogP contribution in [0.1, 0.15) is 15.9 Å². The van der Waals surface area contributed by atoms with Crippen molar-refractivity contribution in [1.29, 1.82) is 0 Å². The van der Waals surface area contributed by atoms with Crippen LogP contribution in [0.5, 0.6) is 11.5 Å². The van der Waals surface area contributed by atoms with Gasteiger partial charge >= 0.3 is 13.2 Å². The van der Waals surface area contributed by atoms with Gasteiger partial charge in [-0.3, -0.25) is 14.9 Å². The van der Waals surface area contributed by atoms with Crippen LogP contribution in [-0.2, 0) is 0 Å². The van der Waals surface area contributed by atoms with E-state index in [4.69, 9.17) is 0 Å². The Hall–Kier alpha value is -3.43. The summed E-state index contributed by atoms with van der Waals surface area (Å²) >= 11 is 0. The first-order valence-electron chi connectivity index (χ1n) is 7.27. The van der Waals surface area contributed by atoms with E-state index in [1.807, 2.05) is 0 Å². The minimum atomic E-state index is -3.29. The molecule has 0 N–H and O–H groups in total. The van der Waals surface area contributed by atoms with Crippen molar-refractivity contribution < 1.29 is 36.8 Å². The summed E-state index contributed by atoms with van der Waals surface area (Å²) in [5, 5.41) is 10.7. The highest BCUT2D eigenvalue weighted by molar-refractivity contribution is 6.08. The summed E-state index contributed by atoms with van der Waals surface area (Å²) in [7, 11) is 0. The molecule has 0 saturated heterocycles. The monoisotopic (exact) mass is 385 g/mol. The number of alkyl halides is 4. The smallest absolute Gasteiger partial charge is 0.387 e. The molecule has 27 heavy (non-hydrogen) atoms. The van der Waals surface area contributed by atoms with Crippen molar-refractivity contribution in [1.82, 2.24) is 0 Å². The molecule has 10 heteroatoms. The zero-order chi connectivity index (χ0) is 20.0. The van der Waals surface area contributed by atoms with Crippen molar-refractivity contribution >= 4 is 17.5 Å². The number of non-ortho nitro benzene ring substituents is 1. The minimum Gasteiger partial charge on any atom is -0.435 e. The maximum Gasteiger partial charge on any atom is 0.387 e. The Morgan fingerprint density at radius 3 is 2.37 bits per heavy atom. The van der Waals surface area contributed by atoms with Crippen LogP contribution in [0, 0.1) is 10.1 Å². The molecule has 0 saturated carbocycles. The van der Waals surface area contributed by atoms with E-state index in [9.17, 15) is 32.5 Å². The number of nitro groups is 1. The number of halogens is 4. The lowest BCUT2D eigenvalue weighted by molar-refractivity contribution is -0.384. The van der Waals surface area contributed by atoms with Crippen LogP contribution < -0.4 is 9.47 Å². The summed E-state index contributed by atoms with van der Waals surface area (Å²) in [5.74, 6) is -1.88. The van der Waals surface area contributed by atoms with E-state index in [2.05, 4.69) is 9.47 Å². The second-order valence-electron chi connectivity index (χ2n) is 4.96. The van der Waals surface area contributed by atoms with Crippen molar-refractivity contribution in [3.8, 4) is 11.5 Å². The van der Waals surface area contributed by atoms with E-state index in [1.54, 1.807) is 0 Å². The average Bonchev–Trinajstić information content (AvgIpc) is 2.59. The average molecular weight is 385 g/mol. The lowest BCUT2D eigenvalue weighted by Crippen LogP contribution is -2.08. The summed E-state index contributed by atoms with van der Waals surface area (Å²) in [6.07, 6.45) is 2.23. The van der Waals surface area contributed by atoms with Gasteiger partial charge in [0, 0.05) is 18.2 Å². The molecule has 0 spiro atoms. The largest absolute Gasteiger partial charge is 0.435 e. The maximum absolute atomic E-state index is 12.5. The van der Waals surface area contributed by atoms with Crippen molar-refractivity contribution in [2.24, 2.45) is 0 Å². The molecular weight excluding hydrogens is 374 g/mol. The second kappa shape index (κ2) is 8.79. The Kier molecular flexibility index (Phi) is 6.47. The van der Waals surface area contributed by atoms with Crippen molar-refractivity contribution in [3.63, 3.8) is 0 Å². The Balaban J connectivity index is 2.28. The third kappa shape index (κ3) is 5.80. The van der Waals surface area contributed by atoms with Gasteiger partial charge in [-0.05, 0) is 23.8 Å². The molecule has 0 aliphatic heterocycles. The molecule has 2 aromatic carbocycles. The number of hydrogen-bond donors (Lipinski definition) is 0. The predicted molar refractivity (Wildman–Crippen MR) is 86.2 cm³/mol. The number of nitrogens with zero attached hydrogens (tertiary/aromatic N) is 1. The third-order valence-electron chi connectivity index (χ3n) is 3.17. The number of hydrogen-bond acceptors (Lipinski definition) is 5. The van der Waals surface area contributed by atoms with Gasteiger partial charge in [-0.15, -0.1) is 0 Å². The molecule has 0 fully saturated rings. The van der Waals surface area contributed by atoms with Crippen LogP contribution in [0.25, 0.3) is 6.08 Å². The summed E-state index contributed by atoms with van der Waals surface area (Å²) in [6, 6.07) is 8.10. The normalized spacial score (nSPS) is 11.2. The van der Waals surface area contributed by atoms with Gasteiger partial charge in [0.2, 0.25) is 0 Å². The number of allylic oxidation sites excluding steroid dienone is 1. The molecule has 0 unspecified atom stereocenters. The van der Waals surface area contributed by atoms with E-state index in [-0.39, 0.29) is 11.3 Å². The van der Waals surface area contributed by atoms with E-state index < -0.39 is 35.4 Å². The highest BCUT2D eigenvalue weighted by Crippen LogP contribution is 2.28. The summed E-state index contributed by atoms with van der Waals surface area (Å²) in [5.41, 5.74) is -0.190. The number of ketones is 1. The second-order valence-corrected chi connectivity index (χ2v) is 4.96. The first-order valence-corrected chi connectivity index (χ1v) is 7.27. The van der Waals surface area contributed by atoms with Crippen LogP contribution in [0.3, 0.4) is 0 Å². The molecule has 0 heterocycles. The third-order valence-corrected chi connectivity index (χ3v) is 3.17. The quantitative estimate of drug-likeness (QED) is 0.217. The van der Waals surface area contributed by atoms with E-state index >= 15 is 0 Å². The molecule has 0 amide bonds. The molecule has 6 nitrogen and oxygen atoms in total. The van der Waals surface area contributed by atoms with E-state index in [0.717, 1.165) is 24.3 Å². The lowest BCUT2D eigenvalue weighted by atomic mass is 10.1. The molecular formula is C17H11F4NO5. The number of carbonyl (C=O) groups excluding carboxylic acids is 1. The molecule has 0 radical (unpaired) electrons. The van der Waals surface area contributed by atoms with Gasteiger partial charge in [-0.1, -0.05) is 18.2 Å². The molecule has 0 aliphatic carbocycles. The van der Waals surface area contributed by atoms with Gasteiger partial charge < -0.3 is 9.47 Å². The van der Waals surface area contributed by atoms with E-state index in [1.165, 1.54) is 30.3 Å². The Bertz CT molecular complexity index is 870. The van der Waals surface area contributed by atoms with Gasteiger partial charge in [0.1, 0.15) is 11.5 Å². The van der Waals surface area contributed by atoms with Crippen molar-refractivity contribution in [2.75, 3.05) is 0 Å². The summed E-state index contributed by atoms with van der Waals surface area (Å²) in [4.78, 5) is 22.4. The van der Waals surface area contributed by atoms with Crippen LogP contribution in [-0.4, -0.2) is 23.9 Å². The van der Waals surface area contributed by atoms with Crippen LogP contribution in [0.2, 0.25) is 0 Å². The zero-order valence-corrected chi connectivity index (χ0v) is 13.4. The Morgan fingerprint density at radius 1 is 1.04 bits per heavy atom. The Labute approximate surface area is 149 Å². The minimum absolute atomic E-state index is 0.195. The van der Waals surface area contributed by atoms with Gasteiger partial charge in [-0.25, -0.2) is 0 Å². The van der Waals surface area contributed by atoms with Crippen molar-refractivity contribution in [2.45, 2.75) is 13.2 Å². The van der Waals surface area contributed by atoms with Crippen LogP contribution in [0.4, 0.5) is 23.2 Å². The van der Waals surface area contributed by atoms with Gasteiger partial charge in [0.05, 0.1) is 10.5 Å². The topological polar surface area (TPSA) is 78.7 Å². The Morgan fingerprint density at radius 2 is 1.74 bits per heavy atom. The van der Waals surface area contributed by atoms with Crippen LogP contribution >= 0.6 is 0 Å². The fourth-order valence-corrected chi connectivity index (χ4v) is 2.08. The summed E-state index contributed by atoms with van der Waals surface area (Å²) in [6.45, 7) is -6.47. The molecule has 0 atom stereocenters. The fourth-order valence-electron chi connectivity index (χ4n) is 2.08. The van der Waals surface area contributed by atoms with Crippen LogP contribution in [0.15, 0.2) is 48.5 Å². The number of rotatable bonds is 8. The van der Waals surface area contributed by atoms with E-state index in [0.29, 0.717) is 5.56 Å². The summed E-state index contributed by atoms with van der Waals surface area (Å²) < 4.78 is 57.8. The molecule has 0 aliphatic rings. The molecule has 2 rings (SSSR count). The van der Waals surface area contributed by atoms with Gasteiger partial charge in [-0.2, -0.15) is 17.6 Å². The lowest BCUT2D eigenvalue weighted by Gasteiger charge is -2.11.